The van der Waals surface area contributed by atoms with Gasteiger partial charge in [-0.05, 0) is 66.3 Å². The van der Waals surface area contributed by atoms with E-state index in [4.69, 9.17) is 19.2 Å². The number of imidazole rings is 1. The molecule has 0 saturated carbocycles. The van der Waals surface area contributed by atoms with Gasteiger partial charge in [0.2, 0.25) is 0 Å². The molecule has 4 aromatic rings. The first kappa shape index (κ1) is 27.0. The zero-order chi connectivity index (χ0) is 27.1. The SMILES string of the molecule is COc1ccc(C(=O)NCc2nc3ccccc3n2CCCCOc2ccc(C(C)(C)C)cc2)cc1OC. The maximum Gasteiger partial charge on any atom is 0.251 e. The number of methoxy groups -OCH3 is 2. The van der Waals surface area contributed by atoms with Crippen molar-refractivity contribution in [3.63, 3.8) is 0 Å². The van der Waals surface area contributed by atoms with Crippen molar-refractivity contribution < 1.29 is 19.0 Å². The Morgan fingerprint density at radius 1 is 0.921 bits per heavy atom. The van der Waals surface area contributed by atoms with E-state index in [1.54, 1.807) is 32.4 Å². The average Bonchev–Trinajstić information content (AvgIpc) is 3.28. The highest BCUT2D eigenvalue weighted by Crippen LogP contribution is 2.28. The number of nitrogens with zero attached hydrogens (tertiary/aromatic N) is 2. The molecule has 0 bridgehead atoms. The summed E-state index contributed by atoms with van der Waals surface area (Å²) < 4.78 is 18.8. The summed E-state index contributed by atoms with van der Waals surface area (Å²) in [6, 6.07) is 21.5. The van der Waals surface area contributed by atoms with Gasteiger partial charge in [0.15, 0.2) is 11.5 Å². The Kier molecular flexibility index (Phi) is 8.56. The molecule has 7 nitrogen and oxygen atoms in total. The third kappa shape index (κ3) is 6.46. The molecule has 3 aromatic carbocycles. The molecule has 1 amide bonds. The van der Waals surface area contributed by atoms with Crippen molar-refractivity contribution in [3.8, 4) is 17.2 Å². The third-order valence-electron chi connectivity index (χ3n) is 6.55. The lowest BCUT2D eigenvalue weighted by Crippen LogP contribution is -2.25. The monoisotopic (exact) mass is 515 g/mol. The summed E-state index contributed by atoms with van der Waals surface area (Å²) >= 11 is 0. The standard InChI is InChI=1S/C31H37N3O4/c1-31(2,3)23-13-15-24(16-14-23)38-19-9-8-18-34-26-11-7-6-10-25(26)33-29(34)21-32-30(35)22-12-17-27(36-4)28(20-22)37-5/h6-7,10-17,20H,8-9,18-19,21H2,1-5H3,(H,32,35). The van der Waals surface area contributed by atoms with E-state index >= 15 is 0 Å². The van der Waals surface area contributed by atoms with Crippen molar-refractivity contribution in [3.05, 3.63) is 83.7 Å². The lowest BCUT2D eigenvalue weighted by Gasteiger charge is -2.19. The van der Waals surface area contributed by atoms with Crippen molar-refractivity contribution in [2.24, 2.45) is 0 Å². The summed E-state index contributed by atoms with van der Waals surface area (Å²) in [5.74, 6) is 2.61. The number of fused-ring (bicyclic) bond motifs is 1. The van der Waals surface area contributed by atoms with Crippen molar-refractivity contribution >= 4 is 16.9 Å². The molecule has 200 valence electrons. The van der Waals surface area contributed by atoms with Gasteiger partial charge in [0.25, 0.3) is 5.91 Å². The number of hydrogen-bond donors (Lipinski definition) is 1. The van der Waals surface area contributed by atoms with E-state index in [1.165, 1.54) is 5.56 Å². The maximum atomic E-state index is 12.9. The van der Waals surface area contributed by atoms with E-state index < -0.39 is 0 Å². The minimum atomic E-state index is -0.199. The second-order valence-electron chi connectivity index (χ2n) is 10.3. The number of carbonyl (C=O) groups is 1. The van der Waals surface area contributed by atoms with Crippen molar-refractivity contribution in [2.75, 3.05) is 20.8 Å². The molecule has 0 aliphatic carbocycles. The van der Waals surface area contributed by atoms with Gasteiger partial charge in [0.1, 0.15) is 11.6 Å². The van der Waals surface area contributed by atoms with Crippen LogP contribution in [0.1, 0.15) is 55.4 Å². The molecule has 0 atom stereocenters. The van der Waals surface area contributed by atoms with Crippen LogP contribution in [0.5, 0.6) is 17.2 Å². The predicted molar refractivity (Wildman–Crippen MR) is 150 cm³/mol. The van der Waals surface area contributed by atoms with Gasteiger partial charge >= 0.3 is 0 Å². The largest absolute Gasteiger partial charge is 0.494 e. The molecule has 0 aliphatic rings. The normalized spacial score (nSPS) is 11.4. The van der Waals surface area contributed by atoms with Crippen LogP contribution in [0, 0.1) is 0 Å². The summed E-state index contributed by atoms with van der Waals surface area (Å²) in [5, 5.41) is 3.00. The minimum Gasteiger partial charge on any atom is -0.494 e. The van der Waals surface area contributed by atoms with E-state index in [0.29, 0.717) is 30.2 Å². The highest BCUT2D eigenvalue weighted by atomic mass is 16.5. The number of para-hydroxylation sites is 2. The fraction of sp³-hybridized carbons (Fsp3) is 0.355. The number of hydrogen-bond acceptors (Lipinski definition) is 5. The maximum absolute atomic E-state index is 12.9. The number of ether oxygens (including phenoxy) is 3. The third-order valence-corrected chi connectivity index (χ3v) is 6.55. The van der Waals surface area contributed by atoms with Crippen molar-refractivity contribution in [1.29, 1.82) is 0 Å². The lowest BCUT2D eigenvalue weighted by atomic mass is 9.87. The molecule has 0 radical (unpaired) electrons. The summed E-state index contributed by atoms with van der Waals surface area (Å²) in [7, 11) is 3.12. The van der Waals surface area contributed by atoms with Gasteiger partial charge in [-0.2, -0.15) is 0 Å². The van der Waals surface area contributed by atoms with Gasteiger partial charge in [0.05, 0.1) is 38.4 Å². The molecule has 1 heterocycles. The Bertz CT molecular complexity index is 1370. The number of benzene rings is 3. The van der Waals surface area contributed by atoms with Crippen molar-refractivity contribution in [1.82, 2.24) is 14.9 Å². The first-order valence-electron chi connectivity index (χ1n) is 13.0. The zero-order valence-electron chi connectivity index (χ0n) is 22.9. The Hall–Kier alpha value is -4.00. The number of amides is 1. The fourth-order valence-corrected chi connectivity index (χ4v) is 4.36. The topological polar surface area (TPSA) is 74.6 Å². The number of unbranched alkanes of at least 4 members (excludes halogenated alkanes) is 1. The lowest BCUT2D eigenvalue weighted by molar-refractivity contribution is 0.0949. The predicted octanol–water partition coefficient (Wildman–Crippen LogP) is 6.14. The van der Waals surface area contributed by atoms with Crippen LogP contribution in [-0.2, 0) is 18.5 Å². The average molecular weight is 516 g/mol. The molecule has 1 aromatic heterocycles. The van der Waals surface area contributed by atoms with Gasteiger partial charge < -0.3 is 24.1 Å². The Labute approximate surface area is 224 Å². The molecular weight excluding hydrogens is 478 g/mol. The molecule has 1 N–H and O–H groups in total. The van der Waals surface area contributed by atoms with Crippen LogP contribution in [0.3, 0.4) is 0 Å². The summed E-state index contributed by atoms with van der Waals surface area (Å²) in [6.45, 7) is 8.37. The molecule has 7 heteroatoms. The zero-order valence-corrected chi connectivity index (χ0v) is 22.9. The van der Waals surface area contributed by atoms with Gasteiger partial charge in [-0.15, -0.1) is 0 Å². The number of carbonyl (C=O) groups excluding carboxylic acids is 1. The van der Waals surface area contributed by atoms with Crippen LogP contribution in [0.2, 0.25) is 0 Å². The van der Waals surface area contributed by atoms with E-state index in [-0.39, 0.29) is 11.3 Å². The van der Waals surface area contributed by atoms with E-state index in [1.807, 2.05) is 30.3 Å². The van der Waals surface area contributed by atoms with Crippen LogP contribution in [-0.4, -0.2) is 36.3 Å². The smallest absolute Gasteiger partial charge is 0.251 e. The van der Waals surface area contributed by atoms with Gasteiger partial charge in [-0.3, -0.25) is 4.79 Å². The van der Waals surface area contributed by atoms with Gasteiger partial charge in [-0.25, -0.2) is 4.98 Å². The van der Waals surface area contributed by atoms with Crippen LogP contribution in [0.15, 0.2) is 66.7 Å². The van der Waals surface area contributed by atoms with E-state index in [9.17, 15) is 4.79 Å². The molecular formula is C31H37N3O4. The Balaban J connectivity index is 1.36. The van der Waals surface area contributed by atoms with E-state index in [2.05, 4.69) is 48.9 Å². The first-order chi connectivity index (χ1) is 18.3. The molecule has 0 spiro atoms. The second kappa shape index (κ2) is 12.0. The second-order valence-corrected chi connectivity index (χ2v) is 10.3. The minimum absolute atomic E-state index is 0.130. The van der Waals surface area contributed by atoms with Crippen molar-refractivity contribution in [2.45, 2.75) is 52.1 Å². The Morgan fingerprint density at radius 2 is 1.66 bits per heavy atom. The number of aryl methyl sites for hydroxylation is 1. The van der Waals surface area contributed by atoms with Crippen LogP contribution < -0.4 is 19.5 Å². The number of rotatable bonds is 11. The van der Waals surface area contributed by atoms with Crippen LogP contribution >= 0.6 is 0 Å². The number of nitrogens with one attached hydrogen (secondary N) is 1. The Morgan fingerprint density at radius 3 is 2.37 bits per heavy atom. The van der Waals surface area contributed by atoms with E-state index in [0.717, 1.165) is 42.0 Å². The summed E-state index contributed by atoms with van der Waals surface area (Å²) in [6.07, 6.45) is 1.84. The molecule has 0 saturated heterocycles. The molecule has 0 aliphatic heterocycles. The molecule has 4 rings (SSSR count). The molecule has 38 heavy (non-hydrogen) atoms. The summed E-state index contributed by atoms with van der Waals surface area (Å²) in [4.78, 5) is 17.6. The number of aromatic nitrogens is 2. The molecule has 0 unspecified atom stereocenters. The van der Waals surface area contributed by atoms with Crippen LogP contribution in [0.4, 0.5) is 0 Å². The fourth-order valence-electron chi connectivity index (χ4n) is 4.36. The molecule has 0 fully saturated rings. The van der Waals surface area contributed by atoms with Gasteiger partial charge in [0, 0.05) is 12.1 Å². The first-order valence-corrected chi connectivity index (χ1v) is 13.0. The van der Waals surface area contributed by atoms with Gasteiger partial charge in [-0.1, -0.05) is 45.0 Å². The highest BCUT2D eigenvalue weighted by molar-refractivity contribution is 5.94. The highest BCUT2D eigenvalue weighted by Gasteiger charge is 2.15. The quantitative estimate of drug-likeness (QED) is 0.243. The van der Waals surface area contributed by atoms with Crippen LogP contribution in [0.25, 0.3) is 11.0 Å². The summed E-state index contributed by atoms with van der Waals surface area (Å²) in [5.41, 5.74) is 3.89.